The summed E-state index contributed by atoms with van der Waals surface area (Å²) >= 11 is 0. The number of hydrogen-bond donors (Lipinski definition) is 0. The second kappa shape index (κ2) is 7.41. The summed E-state index contributed by atoms with van der Waals surface area (Å²) in [5.41, 5.74) is 0. The van der Waals surface area contributed by atoms with Gasteiger partial charge in [-0.2, -0.15) is 0 Å². The maximum absolute atomic E-state index is 12.9. The summed E-state index contributed by atoms with van der Waals surface area (Å²) < 4.78 is 31.5. The van der Waals surface area contributed by atoms with Gasteiger partial charge in [-0.15, -0.1) is 0 Å². The summed E-state index contributed by atoms with van der Waals surface area (Å²) in [4.78, 5) is 2.77. The highest BCUT2D eigenvalue weighted by molar-refractivity contribution is 7.94. The van der Waals surface area contributed by atoms with Crippen molar-refractivity contribution >= 4 is 9.84 Å². The average molecular weight is 370 g/mol. The van der Waals surface area contributed by atoms with Crippen LogP contribution in [0.15, 0.2) is 59.5 Å². The fourth-order valence-corrected chi connectivity index (χ4v) is 4.95. The van der Waals surface area contributed by atoms with Crippen LogP contribution < -0.4 is 4.74 Å². The van der Waals surface area contributed by atoms with Gasteiger partial charge in [0, 0.05) is 6.54 Å². The monoisotopic (exact) mass is 370 g/mol. The lowest BCUT2D eigenvalue weighted by atomic mass is 10.1. The van der Waals surface area contributed by atoms with Crippen LogP contribution in [0.3, 0.4) is 0 Å². The van der Waals surface area contributed by atoms with E-state index in [-0.39, 0.29) is 0 Å². The van der Waals surface area contributed by atoms with Gasteiger partial charge >= 0.3 is 0 Å². The van der Waals surface area contributed by atoms with Gasteiger partial charge in [-0.25, -0.2) is 8.42 Å². The molecule has 4 rings (SSSR count). The molecule has 0 N–H and O–H groups in total. The van der Waals surface area contributed by atoms with Gasteiger partial charge in [0.1, 0.15) is 11.5 Å². The average Bonchev–Trinajstić information content (AvgIpc) is 3.48. The topological polar surface area (TPSA) is 46.6 Å². The predicted molar refractivity (Wildman–Crippen MR) is 102 cm³/mol. The van der Waals surface area contributed by atoms with Crippen LogP contribution in [-0.2, 0) is 9.84 Å². The molecule has 2 aromatic rings. The summed E-state index contributed by atoms with van der Waals surface area (Å²) in [5.74, 6) is 2.23. The van der Waals surface area contributed by atoms with Gasteiger partial charge in [0.2, 0.25) is 0 Å². The normalized spacial score (nSPS) is 19.4. The zero-order chi connectivity index (χ0) is 18.0. The van der Waals surface area contributed by atoms with Gasteiger partial charge in [0.15, 0.2) is 9.84 Å². The Hall–Kier alpha value is -1.85. The molecular weight excluding hydrogens is 346 g/mol. The fourth-order valence-electron chi connectivity index (χ4n) is 3.40. The third kappa shape index (κ3) is 4.10. The molecule has 2 aromatic carbocycles. The van der Waals surface area contributed by atoms with Crippen molar-refractivity contribution in [3.63, 3.8) is 0 Å². The molecule has 4 nitrogen and oxygen atoms in total. The van der Waals surface area contributed by atoms with Crippen molar-refractivity contribution in [2.75, 3.05) is 19.6 Å². The maximum atomic E-state index is 12.9. The van der Waals surface area contributed by atoms with Gasteiger partial charge in [-0.05, 0) is 81.1 Å². The zero-order valence-electron chi connectivity index (χ0n) is 14.8. The van der Waals surface area contributed by atoms with Crippen LogP contribution in [0.2, 0.25) is 0 Å². The number of benzene rings is 2. The molecule has 0 spiro atoms. The minimum atomic E-state index is -3.35. The Balaban J connectivity index is 1.39. The second-order valence-electron chi connectivity index (χ2n) is 7.17. The van der Waals surface area contributed by atoms with Gasteiger partial charge in [-0.3, -0.25) is 0 Å². The van der Waals surface area contributed by atoms with E-state index in [1.54, 1.807) is 24.3 Å². The molecule has 0 unspecified atom stereocenters. The van der Waals surface area contributed by atoms with Crippen molar-refractivity contribution in [2.24, 2.45) is 5.92 Å². The predicted octanol–water partition coefficient (Wildman–Crippen LogP) is 4.29. The third-order valence-electron chi connectivity index (χ3n) is 5.12. The molecule has 1 aliphatic carbocycles. The first kappa shape index (κ1) is 17.6. The van der Waals surface area contributed by atoms with Gasteiger partial charge in [0.05, 0.1) is 10.1 Å². The Morgan fingerprint density at radius 3 is 2.12 bits per heavy atom. The first-order chi connectivity index (χ1) is 12.6. The molecule has 0 aromatic heterocycles. The van der Waals surface area contributed by atoms with Crippen molar-refractivity contribution in [1.29, 1.82) is 0 Å². The molecule has 0 atom stereocenters. The largest absolute Gasteiger partial charge is 0.457 e. The molecule has 1 radical (unpaired) electrons. The second-order valence-corrected chi connectivity index (χ2v) is 9.23. The minimum absolute atomic E-state index is 0.364. The van der Waals surface area contributed by atoms with E-state index in [0.717, 1.165) is 31.3 Å². The quantitative estimate of drug-likeness (QED) is 0.761. The SMILES string of the molecule is O=S(=O)([C]1CCN(CC2CC2)CC1)c1ccc(Oc2ccccc2)cc1. The van der Waals surface area contributed by atoms with Crippen LogP contribution in [0.25, 0.3) is 0 Å². The van der Waals surface area contributed by atoms with E-state index in [4.69, 9.17) is 4.74 Å². The van der Waals surface area contributed by atoms with E-state index < -0.39 is 9.84 Å². The van der Waals surface area contributed by atoms with Gasteiger partial charge < -0.3 is 9.64 Å². The Bertz CT molecular complexity index is 821. The minimum Gasteiger partial charge on any atom is -0.457 e. The van der Waals surface area contributed by atoms with Crippen molar-refractivity contribution in [2.45, 2.75) is 30.6 Å². The number of para-hydroxylation sites is 1. The van der Waals surface area contributed by atoms with Crippen LogP contribution in [0.1, 0.15) is 25.7 Å². The smallest absolute Gasteiger partial charge is 0.185 e. The van der Waals surface area contributed by atoms with Crippen molar-refractivity contribution in [1.82, 2.24) is 4.90 Å². The molecular formula is C21H24NO3S. The highest BCUT2D eigenvalue weighted by atomic mass is 32.2. The number of piperidine rings is 1. The molecule has 0 amide bonds. The first-order valence-corrected chi connectivity index (χ1v) is 10.7. The Kier molecular flexibility index (Phi) is 5.00. The molecule has 1 aliphatic heterocycles. The van der Waals surface area contributed by atoms with E-state index in [9.17, 15) is 8.42 Å². The van der Waals surface area contributed by atoms with Gasteiger partial charge in [-0.1, -0.05) is 18.2 Å². The lowest BCUT2D eigenvalue weighted by Crippen LogP contribution is -2.36. The molecule has 5 heteroatoms. The van der Waals surface area contributed by atoms with Crippen LogP contribution in [0, 0.1) is 11.2 Å². The number of nitrogens with zero attached hydrogens (tertiary/aromatic N) is 1. The summed E-state index contributed by atoms with van der Waals surface area (Å²) in [5, 5.41) is 0.668. The lowest BCUT2D eigenvalue weighted by molar-refractivity contribution is 0.239. The molecule has 137 valence electrons. The molecule has 2 fully saturated rings. The Morgan fingerprint density at radius 2 is 1.50 bits per heavy atom. The summed E-state index contributed by atoms with van der Waals surface area (Å²) in [7, 11) is -3.35. The van der Waals surface area contributed by atoms with E-state index in [2.05, 4.69) is 4.90 Å². The number of rotatable bonds is 6. The van der Waals surface area contributed by atoms with Crippen LogP contribution >= 0.6 is 0 Å². The van der Waals surface area contributed by atoms with E-state index >= 15 is 0 Å². The van der Waals surface area contributed by atoms with Gasteiger partial charge in [0.25, 0.3) is 0 Å². The standard InChI is InChI=1S/C21H24NO3S/c23-26(24,21-12-14-22(15-13-21)16-17-6-7-17)20-10-8-19(9-11-20)25-18-4-2-1-3-5-18/h1-5,8-11,17H,6-7,12-16H2. The van der Waals surface area contributed by atoms with Crippen LogP contribution in [0.4, 0.5) is 0 Å². The Morgan fingerprint density at radius 1 is 0.885 bits per heavy atom. The number of likely N-dealkylation sites (tertiary alicyclic amines) is 1. The Labute approximate surface area is 155 Å². The molecule has 1 saturated heterocycles. The van der Waals surface area contributed by atoms with Crippen LogP contribution in [-0.4, -0.2) is 33.0 Å². The molecule has 1 saturated carbocycles. The third-order valence-corrected chi connectivity index (χ3v) is 7.18. The summed E-state index contributed by atoms with van der Waals surface area (Å²) in [6.45, 7) is 2.86. The summed E-state index contributed by atoms with van der Waals surface area (Å²) in [6, 6.07) is 16.2. The molecule has 1 heterocycles. The van der Waals surface area contributed by atoms with Crippen molar-refractivity contribution in [3.8, 4) is 11.5 Å². The molecule has 2 aliphatic rings. The number of ether oxygens (including phenoxy) is 1. The zero-order valence-corrected chi connectivity index (χ0v) is 15.6. The van der Waals surface area contributed by atoms with Crippen molar-refractivity contribution < 1.29 is 13.2 Å². The first-order valence-electron chi connectivity index (χ1n) is 9.26. The molecule has 26 heavy (non-hydrogen) atoms. The number of sulfone groups is 1. The van der Waals surface area contributed by atoms with Crippen molar-refractivity contribution in [3.05, 3.63) is 59.8 Å². The van der Waals surface area contributed by atoms with Crippen LogP contribution in [0.5, 0.6) is 11.5 Å². The highest BCUT2D eigenvalue weighted by Gasteiger charge is 2.34. The summed E-state index contributed by atoms with van der Waals surface area (Å²) in [6.07, 6.45) is 3.97. The van der Waals surface area contributed by atoms with E-state index in [1.807, 2.05) is 30.3 Å². The lowest BCUT2D eigenvalue weighted by Gasteiger charge is -2.31. The van der Waals surface area contributed by atoms with E-state index in [0.29, 0.717) is 28.7 Å². The molecule has 0 bridgehead atoms. The maximum Gasteiger partial charge on any atom is 0.185 e. The fraction of sp³-hybridized carbons (Fsp3) is 0.381. The van der Waals surface area contributed by atoms with E-state index in [1.165, 1.54) is 12.8 Å². The highest BCUT2D eigenvalue weighted by Crippen LogP contribution is 2.35. The number of hydrogen-bond acceptors (Lipinski definition) is 4.